The summed E-state index contributed by atoms with van der Waals surface area (Å²) in [6, 6.07) is 27.5. The zero-order valence-electron chi connectivity index (χ0n) is 23.7. The molecule has 3 aromatic carbocycles. The fourth-order valence-electron chi connectivity index (χ4n) is 7.75. The number of rotatable bonds is 5. The van der Waals surface area contributed by atoms with Gasteiger partial charge >= 0.3 is 0 Å². The topological polar surface area (TPSA) is 57.7 Å². The van der Waals surface area contributed by atoms with Crippen molar-refractivity contribution < 1.29 is 14.4 Å². The highest BCUT2D eigenvalue weighted by Crippen LogP contribution is 2.51. The molecule has 4 atom stereocenters. The van der Waals surface area contributed by atoms with E-state index in [1.807, 2.05) is 59.5 Å². The van der Waals surface area contributed by atoms with Crippen molar-refractivity contribution in [2.75, 3.05) is 4.90 Å². The molecule has 1 saturated heterocycles. The fourth-order valence-corrected chi connectivity index (χ4v) is 7.75. The third kappa shape index (κ3) is 4.27. The SMILES string of the molecule is CC1(C)C[C@](C)(c2ccccc2)c2ccccc2N1C(=O)C(Cc1ccccc1)N1C(=O)C2CCCCC2C1=O. The second kappa shape index (κ2) is 10.0. The van der Waals surface area contributed by atoms with Gasteiger partial charge in [-0.1, -0.05) is 98.6 Å². The first kappa shape index (κ1) is 26.5. The number of fused-ring (bicyclic) bond motifs is 2. The van der Waals surface area contributed by atoms with E-state index in [2.05, 4.69) is 51.1 Å². The Kier molecular flexibility index (Phi) is 6.64. The largest absolute Gasteiger partial charge is 0.305 e. The Morgan fingerprint density at radius 1 is 0.800 bits per heavy atom. The fraction of sp³-hybridized carbons (Fsp3) is 0.400. The molecule has 6 rings (SSSR count). The molecule has 3 amide bonds. The molecule has 1 saturated carbocycles. The highest BCUT2D eigenvalue weighted by atomic mass is 16.2. The second-order valence-corrected chi connectivity index (χ2v) is 12.6. The summed E-state index contributed by atoms with van der Waals surface area (Å²) >= 11 is 0. The number of imide groups is 1. The van der Waals surface area contributed by atoms with E-state index in [4.69, 9.17) is 0 Å². The normalized spacial score (nSPS) is 26.3. The van der Waals surface area contributed by atoms with E-state index < -0.39 is 11.6 Å². The lowest BCUT2D eigenvalue weighted by Crippen LogP contribution is -2.61. The predicted octanol–water partition coefficient (Wildman–Crippen LogP) is 6.29. The lowest BCUT2D eigenvalue weighted by Gasteiger charge is -2.52. The minimum atomic E-state index is -0.888. The van der Waals surface area contributed by atoms with Crippen LogP contribution in [0.25, 0.3) is 0 Å². The van der Waals surface area contributed by atoms with Gasteiger partial charge in [-0.25, -0.2) is 0 Å². The van der Waals surface area contributed by atoms with Crippen molar-refractivity contribution >= 4 is 23.4 Å². The van der Waals surface area contributed by atoms with Crippen LogP contribution in [0.4, 0.5) is 5.69 Å². The van der Waals surface area contributed by atoms with Gasteiger partial charge in [0.05, 0.1) is 11.8 Å². The van der Waals surface area contributed by atoms with Crippen LogP contribution in [0.3, 0.4) is 0 Å². The summed E-state index contributed by atoms with van der Waals surface area (Å²) < 4.78 is 0. The Hall–Kier alpha value is -3.73. The number of anilines is 1. The summed E-state index contributed by atoms with van der Waals surface area (Å²) in [5.41, 5.74) is 3.21. The number of hydrogen-bond acceptors (Lipinski definition) is 3. The standard InChI is InChI=1S/C35H38N2O3/c1-34(2)23-35(3,25-16-8-5-9-17-25)28-20-12-13-21-29(28)37(34)33(40)30(22-24-14-6-4-7-15-24)36-31(38)26-18-10-11-19-27(26)32(36)39/h4-9,12-17,20-21,26-27,30H,10-11,18-19,22-23H2,1-3H3/t26?,27?,30?,35-/m1/s1. The lowest BCUT2D eigenvalue weighted by molar-refractivity contribution is -0.147. The third-order valence-corrected chi connectivity index (χ3v) is 9.51. The van der Waals surface area contributed by atoms with E-state index in [1.165, 1.54) is 10.5 Å². The number of nitrogens with zero attached hydrogens (tertiary/aromatic N) is 2. The van der Waals surface area contributed by atoms with Crippen LogP contribution in [0, 0.1) is 11.8 Å². The third-order valence-electron chi connectivity index (χ3n) is 9.51. The number of hydrogen-bond donors (Lipinski definition) is 0. The highest BCUT2D eigenvalue weighted by molar-refractivity contribution is 6.11. The number of carbonyl (C=O) groups is 3. The van der Waals surface area contributed by atoms with Crippen LogP contribution in [-0.2, 0) is 26.2 Å². The number of benzene rings is 3. The molecule has 0 aromatic heterocycles. The molecule has 3 unspecified atom stereocenters. The zero-order chi connectivity index (χ0) is 28.1. The van der Waals surface area contributed by atoms with Gasteiger partial charge in [0.25, 0.3) is 5.91 Å². The molecule has 0 bridgehead atoms. The first-order valence-corrected chi connectivity index (χ1v) is 14.6. The van der Waals surface area contributed by atoms with Crippen LogP contribution >= 0.6 is 0 Å². The van der Waals surface area contributed by atoms with Gasteiger partial charge in [0, 0.05) is 23.1 Å². The van der Waals surface area contributed by atoms with Crippen molar-refractivity contribution in [1.82, 2.24) is 4.90 Å². The Morgan fingerprint density at radius 2 is 1.35 bits per heavy atom. The molecule has 1 aliphatic carbocycles. The summed E-state index contributed by atoms with van der Waals surface area (Å²) in [4.78, 5) is 45.7. The van der Waals surface area contributed by atoms with E-state index in [-0.39, 0.29) is 35.0 Å². The quantitative estimate of drug-likeness (QED) is 0.361. The van der Waals surface area contributed by atoms with Gasteiger partial charge < -0.3 is 4.90 Å². The van der Waals surface area contributed by atoms with E-state index in [9.17, 15) is 14.4 Å². The predicted molar refractivity (Wildman–Crippen MR) is 157 cm³/mol. The van der Waals surface area contributed by atoms with Gasteiger partial charge in [0.2, 0.25) is 11.8 Å². The van der Waals surface area contributed by atoms with Gasteiger partial charge in [-0.3, -0.25) is 19.3 Å². The number of carbonyl (C=O) groups excluding carboxylic acids is 3. The summed E-state index contributed by atoms with van der Waals surface area (Å²) in [5, 5.41) is 0. The minimum absolute atomic E-state index is 0.166. The summed E-state index contributed by atoms with van der Waals surface area (Å²) in [5.74, 6) is -1.11. The van der Waals surface area contributed by atoms with Crippen LogP contribution in [0.2, 0.25) is 0 Å². The molecule has 3 aliphatic rings. The van der Waals surface area contributed by atoms with Gasteiger partial charge in [-0.05, 0) is 55.9 Å². The molecule has 0 radical (unpaired) electrons. The van der Waals surface area contributed by atoms with Crippen molar-refractivity contribution in [2.45, 2.75) is 76.3 Å². The molecule has 2 fully saturated rings. The average molecular weight is 535 g/mol. The van der Waals surface area contributed by atoms with Crippen molar-refractivity contribution in [2.24, 2.45) is 11.8 Å². The Labute approximate surface area is 237 Å². The molecule has 0 N–H and O–H groups in total. The Balaban J connectivity index is 1.46. The van der Waals surface area contributed by atoms with Crippen LogP contribution in [-0.4, -0.2) is 34.2 Å². The molecule has 0 spiro atoms. The van der Waals surface area contributed by atoms with Crippen molar-refractivity contribution in [1.29, 1.82) is 0 Å². The second-order valence-electron chi connectivity index (χ2n) is 12.6. The van der Waals surface area contributed by atoms with Gasteiger partial charge in [-0.15, -0.1) is 0 Å². The van der Waals surface area contributed by atoms with E-state index in [1.54, 1.807) is 0 Å². The molecule has 5 nitrogen and oxygen atoms in total. The summed E-state index contributed by atoms with van der Waals surface area (Å²) in [6.07, 6.45) is 4.38. The maximum absolute atomic E-state index is 14.9. The van der Waals surface area contributed by atoms with E-state index in [0.29, 0.717) is 12.8 Å². The summed E-state index contributed by atoms with van der Waals surface area (Å²) in [7, 11) is 0. The van der Waals surface area contributed by atoms with Crippen molar-refractivity contribution in [3.05, 3.63) is 102 Å². The Bertz CT molecular complexity index is 1410. The lowest BCUT2D eigenvalue weighted by atomic mass is 9.65. The maximum atomic E-state index is 14.9. The smallest absolute Gasteiger partial charge is 0.251 e. The maximum Gasteiger partial charge on any atom is 0.251 e. The molecular weight excluding hydrogens is 496 g/mol. The van der Waals surface area contributed by atoms with E-state index in [0.717, 1.165) is 42.5 Å². The van der Waals surface area contributed by atoms with Crippen LogP contribution in [0.15, 0.2) is 84.9 Å². The monoisotopic (exact) mass is 534 g/mol. The number of amides is 3. The first-order valence-electron chi connectivity index (χ1n) is 14.6. The first-order chi connectivity index (χ1) is 19.2. The van der Waals surface area contributed by atoms with Gasteiger partial charge in [-0.2, -0.15) is 0 Å². The zero-order valence-corrected chi connectivity index (χ0v) is 23.7. The molecule has 5 heteroatoms. The Morgan fingerprint density at radius 3 is 1.98 bits per heavy atom. The van der Waals surface area contributed by atoms with E-state index >= 15 is 0 Å². The van der Waals surface area contributed by atoms with Gasteiger partial charge in [0.15, 0.2) is 0 Å². The molecule has 2 heterocycles. The summed E-state index contributed by atoms with van der Waals surface area (Å²) in [6.45, 7) is 6.47. The number of para-hydroxylation sites is 1. The van der Waals surface area contributed by atoms with Crippen molar-refractivity contribution in [3.63, 3.8) is 0 Å². The van der Waals surface area contributed by atoms with Gasteiger partial charge in [0.1, 0.15) is 6.04 Å². The van der Waals surface area contributed by atoms with Crippen LogP contribution in [0.1, 0.15) is 69.6 Å². The van der Waals surface area contributed by atoms with Crippen LogP contribution in [0.5, 0.6) is 0 Å². The molecule has 3 aromatic rings. The molecule has 40 heavy (non-hydrogen) atoms. The molecule has 206 valence electrons. The van der Waals surface area contributed by atoms with Crippen LogP contribution < -0.4 is 4.90 Å². The highest BCUT2D eigenvalue weighted by Gasteiger charge is 2.55. The van der Waals surface area contributed by atoms with Crippen molar-refractivity contribution in [3.8, 4) is 0 Å². The molecule has 2 aliphatic heterocycles. The number of likely N-dealkylation sites (tertiary alicyclic amines) is 1. The average Bonchev–Trinajstić information content (AvgIpc) is 3.21. The molecular formula is C35H38N2O3. The minimum Gasteiger partial charge on any atom is -0.305 e.